The van der Waals surface area contributed by atoms with Crippen molar-refractivity contribution in [2.24, 2.45) is 0 Å². The molecule has 1 aliphatic heterocycles. The molecule has 1 amide bonds. The molecule has 18 heavy (non-hydrogen) atoms. The van der Waals surface area contributed by atoms with Crippen LogP contribution in [0.3, 0.4) is 0 Å². The Morgan fingerprint density at radius 3 is 3.28 bits per heavy atom. The van der Waals surface area contributed by atoms with E-state index in [1.807, 2.05) is 4.90 Å². The van der Waals surface area contributed by atoms with Gasteiger partial charge in [0.1, 0.15) is 6.10 Å². The normalized spacial score (nSPS) is 18.7. The summed E-state index contributed by atoms with van der Waals surface area (Å²) in [6.07, 6.45) is 5.49. The summed E-state index contributed by atoms with van der Waals surface area (Å²) in [5, 5.41) is 7.63. The maximum atomic E-state index is 11.8. The Labute approximate surface area is 106 Å². The van der Waals surface area contributed by atoms with E-state index in [1.165, 1.54) is 0 Å². The molecule has 96 valence electrons. The Morgan fingerprint density at radius 1 is 1.67 bits per heavy atom. The summed E-state index contributed by atoms with van der Waals surface area (Å²) >= 11 is 0. The van der Waals surface area contributed by atoms with Crippen molar-refractivity contribution in [2.45, 2.75) is 25.4 Å². The third-order valence-electron chi connectivity index (χ3n) is 2.90. The van der Waals surface area contributed by atoms with Crippen LogP contribution in [0.1, 0.15) is 19.3 Å². The number of rotatable bonds is 5. The van der Waals surface area contributed by atoms with Gasteiger partial charge in [-0.2, -0.15) is 5.10 Å². The molecule has 2 heterocycles. The monoisotopic (exact) mass is 247 g/mol. The van der Waals surface area contributed by atoms with E-state index >= 15 is 0 Å². The molecule has 0 aliphatic carbocycles. The molecule has 1 aromatic heterocycles. The van der Waals surface area contributed by atoms with Crippen molar-refractivity contribution >= 4 is 5.91 Å². The van der Waals surface area contributed by atoms with Crippen molar-refractivity contribution in [1.29, 1.82) is 0 Å². The lowest BCUT2D eigenvalue weighted by molar-refractivity contribution is -0.130. The molecule has 5 nitrogen and oxygen atoms in total. The smallest absolute Gasteiger partial charge is 0.233 e. The summed E-state index contributed by atoms with van der Waals surface area (Å²) in [6, 6.07) is 3.56. The molecule has 0 N–H and O–H groups in total. The minimum absolute atomic E-state index is 0.0226. The van der Waals surface area contributed by atoms with Crippen molar-refractivity contribution in [3.05, 3.63) is 31.0 Å². The molecule has 1 aliphatic rings. The molecule has 0 saturated carbocycles. The number of amides is 1. The predicted molar refractivity (Wildman–Crippen MR) is 67.1 cm³/mol. The third kappa shape index (κ3) is 3.29. The Bertz CT molecular complexity index is 408. The van der Waals surface area contributed by atoms with Gasteiger partial charge in [0.25, 0.3) is 0 Å². The molecule has 1 saturated heterocycles. The highest BCUT2D eigenvalue weighted by Gasteiger charge is 2.27. The number of allylic oxidation sites excluding steroid dienone is 1. The third-order valence-corrected chi connectivity index (χ3v) is 2.90. The van der Waals surface area contributed by atoms with Gasteiger partial charge in [-0.3, -0.25) is 4.79 Å². The predicted octanol–water partition coefficient (Wildman–Crippen LogP) is 1.42. The zero-order valence-electron chi connectivity index (χ0n) is 10.3. The summed E-state index contributed by atoms with van der Waals surface area (Å²) in [4.78, 5) is 13.6. The van der Waals surface area contributed by atoms with Gasteiger partial charge in [0.05, 0.1) is 6.54 Å². The van der Waals surface area contributed by atoms with Crippen LogP contribution >= 0.6 is 0 Å². The zero-order valence-corrected chi connectivity index (χ0v) is 10.3. The maximum absolute atomic E-state index is 11.8. The van der Waals surface area contributed by atoms with Crippen molar-refractivity contribution in [3.8, 4) is 5.88 Å². The second-order valence-corrected chi connectivity index (χ2v) is 4.26. The second kappa shape index (κ2) is 6.14. The van der Waals surface area contributed by atoms with Crippen LogP contribution in [0.25, 0.3) is 0 Å². The van der Waals surface area contributed by atoms with Gasteiger partial charge in [0.2, 0.25) is 11.8 Å². The Hall–Kier alpha value is -1.91. The van der Waals surface area contributed by atoms with Gasteiger partial charge in [0, 0.05) is 31.6 Å². The highest BCUT2D eigenvalue weighted by molar-refractivity contribution is 5.76. The van der Waals surface area contributed by atoms with Crippen molar-refractivity contribution in [2.75, 3.05) is 13.1 Å². The average molecular weight is 247 g/mol. The molecule has 0 bridgehead atoms. The number of aromatic nitrogens is 2. The van der Waals surface area contributed by atoms with Crippen molar-refractivity contribution in [1.82, 2.24) is 15.1 Å². The molecule has 2 rings (SSSR count). The van der Waals surface area contributed by atoms with E-state index in [2.05, 4.69) is 16.8 Å². The fourth-order valence-electron chi connectivity index (χ4n) is 1.96. The van der Waals surface area contributed by atoms with Crippen LogP contribution in [0, 0.1) is 0 Å². The van der Waals surface area contributed by atoms with E-state index in [1.54, 1.807) is 24.4 Å². The van der Waals surface area contributed by atoms with Crippen LogP contribution < -0.4 is 4.74 Å². The molecule has 0 aromatic carbocycles. The van der Waals surface area contributed by atoms with Gasteiger partial charge in [-0.25, -0.2) is 0 Å². The second-order valence-electron chi connectivity index (χ2n) is 4.26. The summed E-state index contributed by atoms with van der Waals surface area (Å²) in [5.74, 6) is 0.683. The van der Waals surface area contributed by atoms with Crippen LogP contribution in [0.5, 0.6) is 5.88 Å². The lowest BCUT2D eigenvalue weighted by Gasteiger charge is -2.16. The van der Waals surface area contributed by atoms with E-state index < -0.39 is 0 Å². The lowest BCUT2D eigenvalue weighted by Crippen LogP contribution is -2.30. The first-order valence-corrected chi connectivity index (χ1v) is 6.12. The minimum atomic E-state index is 0.0226. The molecule has 1 fully saturated rings. The van der Waals surface area contributed by atoms with E-state index in [-0.39, 0.29) is 12.0 Å². The SMILES string of the molecule is C=CCCC(=O)N1CCC(Oc2cccnn2)C1. The quantitative estimate of drug-likeness (QED) is 0.738. The van der Waals surface area contributed by atoms with E-state index in [0.29, 0.717) is 18.8 Å². The number of hydrogen-bond donors (Lipinski definition) is 0. The van der Waals surface area contributed by atoms with Gasteiger partial charge in [0.15, 0.2) is 0 Å². The lowest BCUT2D eigenvalue weighted by atomic mass is 10.3. The zero-order chi connectivity index (χ0) is 12.8. The molecule has 1 atom stereocenters. The molecular formula is C13H17N3O2. The summed E-state index contributed by atoms with van der Waals surface area (Å²) in [6.45, 7) is 5.00. The summed E-state index contributed by atoms with van der Waals surface area (Å²) < 4.78 is 5.67. The average Bonchev–Trinajstić information content (AvgIpc) is 2.86. The molecule has 1 unspecified atom stereocenters. The van der Waals surface area contributed by atoms with E-state index in [9.17, 15) is 4.79 Å². The number of likely N-dealkylation sites (tertiary alicyclic amines) is 1. The van der Waals surface area contributed by atoms with Crippen LogP contribution in [0.4, 0.5) is 0 Å². The van der Waals surface area contributed by atoms with Gasteiger partial charge in [-0.05, 0) is 12.5 Å². The number of hydrogen-bond acceptors (Lipinski definition) is 4. The Balaban J connectivity index is 1.81. The molecule has 0 spiro atoms. The van der Waals surface area contributed by atoms with Gasteiger partial charge >= 0.3 is 0 Å². The molecule has 5 heteroatoms. The topological polar surface area (TPSA) is 55.3 Å². The minimum Gasteiger partial charge on any atom is -0.471 e. The number of carbonyl (C=O) groups excluding carboxylic acids is 1. The first kappa shape index (κ1) is 12.5. The van der Waals surface area contributed by atoms with Crippen molar-refractivity contribution < 1.29 is 9.53 Å². The fraction of sp³-hybridized carbons (Fsp3) is 0.462. The van der Waals surface area contributed by atoms with Crippen LogP contribution in [0.2, 0.25) is 0 Å². The fourth-order valence-corrected chi connectivity index (χ4v) is 1.96. The van der Waals surface area contributed by atoms with Gasteiger partial charge < -0.3 is 9.64 Å². The Morgan fingerprint density at radius 2 is 2.56 bits per heavy atom. The number of carbonyl (C=O) groups is 1. The molecular weight excluding hydrogens is 230 g/mol. The van der Waals surface area contributed by atoms with Crippen LogP contribution in [0.15, 0.2) is 31.0 Å². The first-order chi connectivity index (χ1) is 8.79. The summed E-state index contributed by atoms with van der Waals surface area (Å²) in [5.41, 5.74) is 0. The largest absolute Gasteiger partial charge is 0.471 e. The van der Waals surface area contributed by atoms with Crippen LogP contribution in [-0.4, -0.2) is 40.2 Å². The van der Waals surface area contributed by atoms with Crippen molar-refractivity contribution in [3.63, 3.8) is 0 Å². The summed E-state index contributed by atoms with van der Waals surface area (Å²) in [7, 11) is 0. The highest BCUT2D eigenvalue weighted by atomic mass is 16.5. The Kier molecular flexibility index (Phi) is 4.28. The van der Waals surface area contributed by atoms with Crippen LogP contribution in [-0.2, 0) is 4.79 Å². The van der Waals surface area contributed by atoms with E-state index in [0.717, 1.165) is 19.4 Å². The number of nitrogens with zero attached hydrogens (tertiary/aromatic N) is 3. The first-order valence-electron chi connectivity index (χ1n) is 6.12. The highest BCUT2D eigenvalue weighted by Crippen LogP contribution is 2.16. The van der Waals surface area contributed by atoms with Gasteiger partial charge in [-0.15, -0.1) is 11.7 Å². The standard InChI is InChI=1S/C13H17N3O2/c1-2-3-6-13(17)16-9-7-11(10-16)18-12-5-4-8-14-15-12/h2,4-5,8,11H,1,3,6-7,9-10H2. The van der Waals surface area contributed by atoms with E-state index in [4.69, 9.17) is 4.74 Å². The molecule has 0 radical (unpaired) electrons. The van der Waals surface area contributed by atoms with Gasteiger partial charge in [-0.1, -0.05) is 6.08 Å². The maximum Gasteiger partial charge on any atom is 0.233 e. The number of ether oxygens (including phenoxy) is 1. The molecule has 1 aromatic rings.